The topological polar surface area (TPSA) is 124 Å². The van der Waals surface area contributed by atoms with Crippen LogP contribution in [0.25, 0.3) is 16.7 Å². The molecule has 1 amide bonds. The fraction of sp³-hybridized carbons (Fsp3) is 0.0909. The predicted octanol–water partition coefficient (Wildman–Crippen LogP) is 3.85. The van der Waals surface area contributed by atoms with Crippen LogP contribution in [0, 0.1) is 10.1 Å². The van der Waals surface area contributed by atoms with Gasteiger partial charge in [0, 0.05) is 17.3 Å². The molecule has 0 saturated carbocycles. The predicted molar refractivity (Wildman–Crippen MR) is 127 cm³/mol. The summed E-state index contributed by atoms with van der Waals surface area (Å²) in [6, 6.07) is 18.8. The zero-order valence-corrected chi connectivity index (χ0v) is 18.2. The Bertz CT molecular complexity index is 1360. The van der Waals surface area contributed by atoms with Crippen LogP contribution in [-0.2, 0) is 0 Å². The van der Waals surface area contributed by atoms with E-state index in [1.165, 1.54) is 16.9 Å². The van der Waals surface area contributed by atoms with E-state index >= 15 is 0 Å². The van der Waals surface area contributed by atoms with Gasteiger partial charge in [-0.2, -0.15) is 4.80 Å². The molecule has 4 aromatic rings. The molecule has 0 unspecified atom stereocenters. The standard InChI is InChI=1S/C22H18N6O4S/c1-2-32-20-11-8-14(12-19(20)28(30)31)21(29)24-22(33)23-15-9-10-17-18(13-15)26-27(25-17)16-6-4-3-5-7-16/h3-13H,2H2,1H3,(H2,23,24,29,33). The van der Waals surface area contributed by atoms with Crippen molar-refractivity contribution in [1.29, 1.82) is 0 Å². The van der Waals surface area contributed by atoms with Crippen molar-refractivity contribution in [2.45, 2.75) is 6.92 Å². The molecule has 0 atom stereocenters. The number of rotatable bonds is 6. The van der Waals surface area contributed by atoms with E-state index in [1.807, 2.05) is 30.3 Å². The molecule has 0 aliphatic carbocycles. The summed E-state index contributed by atoms with van der Waals surface area (Å²) in [6.45, 7) is 1.98. The number of carbonyl (C=O) groups excluding carboxylic acids is 1. The van der Waals surface area contributed by atoms with Gasteiger partial charge >= 0.3 is 5.69 Å². The van der Waals surface area contributed by atoms with Crippen molar-refractivity contribution < 1.29 is 14.5 Å². The van der Waals surface area contributed by atoms with Crippen molar-refractivity contribution in [2.24, 2.45) is 0 Å². The molecule has 33 heavy (non-hydrogen) atoms. The SMILES string of the molecule is CCOc1ccc(C(=O)NC(=S)Nc2ccc3nn(-c4ccccc4)nc3c2)cc1[N+](=O)[O-]. The Morgan fingerprint density at radius 2 is 1.85 bits per heavy atom. The van der Waals surface area contributed by atoms with Gasteiger partial charge in [-0.25, -0.2) is 0 Å². The summed E-state index contributed by atoms with van der Waals surface area (Å²) < 4.78 is 5.23. The number of nitro benzene ring substituents is 1. The van der Waals surface area contributed by atoms with Gasteiger partial charge in [-0.3, -0.25) is 20.2 Å². The number of hydrogen-bond acceptors (Lipinski definition) is 7. The van der Waals surface area contributed by atoms with E-state index in [0.717, 1.165) is 11.8 Å². The first-order valence-electron chi connectivity index (χ1n) is 9.90. The quantitative estimate of drug-likeness (QED) is 0.252. The number of aromatic nitrogens is 3. The summed E-state index contributed by atoms with van der Waals surface area (Å²) in [6.07, 6.45) is 0. The Labute approximate surface area is 193 Å². The minimum absolute atomic E-state index is 0.0336. The van der Waals surface area contributed by atoms with E-state index < -0.39 is 10.8 Å². The molecule has 4 rings (SSSR count). The average Bonchev–Trinajstić information content (AvgIpc) is 3.23. The average molecular weight is 462 g/mol. The first-order chi connectivity index (χ1) is 15.9. The maximum absolute atomic E-state index is 12.5. The summed E-state index contributed by atoms with van der Waals surface area (Å²) in [4.78, 5) is 24.7. The van der Waals surface area contributed by atoms with Crippen LogP contribution in [0.3, 0.4) is 0 Å². The molecule has 1 heterocycles. The number of fused-ring (bicyclic) bond motifs is 1. The molecule has 11 heteroatoms. The monoisotopic (exact) mass is 462 g/mol. The number of ether oxygens (including phenoxy) is 1. The molecule has 0 radical (unpaired) electrons. The number of para-hydroxylation sites is 1. The number of hydrogen-bond donors (Lipinski definition) is 2. The fourth-order valence-electron chi connectivity index (χ4n) is 3.09. The maximum Gasteiger partial charge on any atom is 0.311 e. The number of thiocarbonyl (C=S) groups is 1. The van der Waals surface area contributed by atoms with Crippen molar-refractivity contribution in [3.8, 4) is 11.4 Å². The van der Waals surface area contributed by atoms with Crippen LogP contribution in [0.5, 0.6) is 5.75 Å². The molecule has 2 N–H and O–H groups in total. The van der Waals surface area contributed by atoms with Gasteiger partial charge < -0.3 is 10.1 Å². The lowest BCUT2D eigenvalue weighted by molar-refractivity contribution is -0.385. The Morgan fingerprint density at radius 3 is 2.58 bits per heavy atom. The summed E-state index contributed by atoms with van der Waals surface area (Å²) in [5.74, 6) is -0.494. The Kier molecular flexibility index (Phi) is 6.22. The smallest absolute Gasteiger partial charge is 0.311 e. The van der Waals surface area contributed by atoms with Crippen LogP contribution >= 0.6 is 12.2 Å². The zero-order valence-electron chi connectivity index (χ0n) is 17.4. The van der Waals surface area contributed by atoms with Gasteiger partial charge in [0.25, 0.3) is 5.91 Å². The van der Waals surface area contributed by atoms with Gasteiger partial charge in [-0.05, 0) is 61.6 Å². The number of nitro groups is 1. The van der Waals surface area contributed by atoms with Crippen molar-refractivity contribution in [3.63, 3.8) is 0 Å². The maximum atomic E-state index is 12.5. The van der Waals surface area contributed by atoms with Gasteiger partial charge in [0.2, 0.25) is 0 Å². The minimum atomic E-state index is -0.601. The molecule has 0 spiro atoms. The molecule has 0 saturated heterocycles. The molecule has 166 valence electrons. The van der Waals surface area contributed by atoms with Gasteiger partial charge in [0.1, 0.15) is 11.0 Å². The molecule has 3 aromatic carbocycles. The summed E-state index contributed by atoms with van der Waals surface area (Å²) in [5.41, 5.74) is 2.55. The summed E-state index contributed by atoms with van der Waals surface area (Å²) >= 11 is 5.23. The number of nitrogens with one attached hydrogen (secondary N) is 2. The third-order valence-corrected chi connectivity index (χ3v) is 4.77. The Balaban J connectivity index is 1.46. The van der Waals surface area contributed by atoms with E-state index in [-0.39, 0.29) is 28.7 Å². The number of amides is 1. The van der Waals surface area contributed by atoms with E-state index in [0.29, 0.717) is 16.7 Å². The van der Waals surface area contributed by atoms with Crippen molar-refractivity contribution in [3.05, 3.63) is 82.4 Å². The van der Waals surface area contributed by atoms with Gasteiger partial charge in [-0.1, -0.05) is 18.2 Å². The molecular weight excluding hydrogens is 444 g/mol. The molecule has 10 nitrogen and oxygen atoms in total. The highest BCUT2D eigenvalue weighted by molar-refractivity contribution is 7.80. The highest BCUT2D eigenvalue weighted by Gasteiger charge is 2.19. The van der Waals surface area contributed by atoms with E-state index in [2.05, 4.69) is 20.8 Å². The second kappa shape index (κ2) is 9.40. The second-order valence-corrected chi connectivity index (χ2v) is 7.22. The van der Waals surface area contributed by atoms with Crippen LogP contribution in [-0.4, -0.2) is 37.5 Å². The molecule has 0 aliphatic heterocycles. The molecule has 0 fully saturated rings. The first kappa shape index (κ1) is 21.8. The number of anilines is 1. The van der Waals surface area contributed by atoms with Crippen LogP contribution in [0.15, 0.2) is 66.7 Å². The molecule has 1 aromatic heterocycles. The lowest BCUT2D eigenvalue weighted by atomic mass is 10.1. The van der Waals surface area contributed by atoms with Gasteiger partial charge in [0.15, 0.2) is 10.9 Å². The molecule has 0 aliphatic rings. The number of carbonyl (C=O) groups is 1. The highest BCUT2D eigenvalue weighted by Crippen LogP contribution is 2.28. The van der Waals surface area contributed by atoms with Gasteiger partial charge in [0.05, 0.1) is 17.2 Å². The van der Waals surface area contributed by atoms with Gasteiger partial charge in [-0.15, -0.1) is 10.2 Å². The lowest BCUT2D eigenvalue weighted by Gasteiger charge is -2.10. The van der Waals surface area contributed by atoms with Crippen molar-refractivity contribution in [1.82, 2.24) is 20.3 Å². The normalized spacial score (nSPS) is 10.6. The van der Waals surface area contributed by atoms with E-state index in [9.17, 15) is 14.9 Å². The molecular formula is C22H18N6O4S. The third kappa shape index (κ3) is 4.93. The van der Waals surface area contributed by atoms with Crippen LogP contribution < -0.4 is 15.4 Å². The Morgan fingerprint density at radius 1 is 1.09 bits per heavy atom. The van der Waals surface area contributed by atoms with Crippen molar-refractivity contribution >= 4 is 45.6 Å². The first-order valence-corrected chi connectivity index (χ1v) is 10.3. The van der Waals surface area contributed by atoms with E-state index in [4.69, 9.17) is 17.0 Å². The van der Waals surface area contributed by atoms with Crippen LogP contribution in [0.4, 0.5) is 11.4 Å². The number of benzene rings is 3. The number of nitrogens with zero attached hydrogens (tertiary/aromatic N) is 4. The third-order valence-electron chi connectivity index (χ3n) is 4.57. The van der Waals surface area contributed by atoms with Crippen LogP contribution in [0.1, 0.15) is 17.3 Å². The van der Waals surface area contributed by atoms with Crippen LogP contribution in [0.2, 0.25) is 0 Å². The molecule has 0 bridgehead atoms. The minimum Gasteiger partial charge on any atom is -0.487 e. The summed E-state index contributed by atoms with van der Waals surface area (Å²) in [7, 11) is 0. The summed E-state index contributed by atoms with van der Waals surface area (Å²) in [5, 5.41) is 25.7. The Hall–Kier alpha value is -4.38. The zero-order chi connectivity index (χ0) is 23.4. The second-order valence-electron chi connectivity index (χ2n) is 6.81. The van der Waals surface area contributed by atoms with E-state index in [1.54, 1.807) is 25.1 Å². The lowest BCUT2D eigenvalue weighted by Crippen LogP contribution is -2.34. The fourth-order valence-corrected chi connectivity index (χ4v) is 3.30. The van der Waals surface area contributed by atoms with Crippen molar-refractivity contribution in [2.75, 3.05) is 11.9 Å². The largest absolute Gasteiger partial charge is 0.487 e. The highest BCUT2D eigenvalue weighted by atomic mass is 32.1.